The Labute approximate surface area is 131 Å². The van der Waals surface area contributed by atoms with E-state index < -0.39 is 65.3 Å². The molecule has 3 rings (SSSR count). The second kappa shape index (κ2) is 5.21. The second-order valence-electron chi connectivity index (χ2n) is 6.97. The van der Waals surface area contributed by atoms with Crippen molar-refractivity contribution in [2.24, 2.45) is 47.3 Å². The third-order valence-corrected chi connectivity index (χ3v) is 6.22. The van der Waals surface area contributed by atoms with Gasteiger partial charge in [-0.3, -0.25) is 19.2 Å². The average molecular weight is 326 g/mol. The Hall–Kier alpha value is -2.12. The van der Waals surface area contributed by atoms with Gasteiger partial charge in [-0.1, -0.05) is 0 Å². The molecule has 2 bridgehead atoms. The summed E-state index contributed by atoms with van der Waals surface area (Å²) in [5, 5.41) is 37.3. The van der Waals surface area contributed by atoms with Gasteiger partial charge in [0.25, 0.3) is 0 Å². The highest BCUT2D eigenvalue weighted by Gasteiger charge is 2.68. The number of hydrogen-bond acceptors (Lipinski definition) is 4. The van der Waals surface area contributed by atoms with E-state index in [9.17, 15) is 34.5 Å². The minimum atomic E-state index is -1.11. The number of carboxylic acid groups (broad SMARTS) is 4. The van der Waals surface area contributed by atoms with Crippen molar-refractivity contribution in [2.45, 2.75) is 19.3 Å². The van der Waals surface area contributed by atoms with E-state index in [2.05, 4.69) is 0 Å². The molecular formula is C15H18O8. The molecule has 3 aliphatic rings. The predicted molar refractivity (Wildman–Crippen MR) is 72.3 cm³/mol. The molecule has 3 aliphatic carbocycles. The molecule has 0 aliphatic heterocycles. The molecule has 3 fully saturated rings. The van der Waals surface area contributed by atoms with Crippen LogP contribution in [0.5, 0.6) is 0 Å². The molecule has 8 unspecified atom stereocenters. The maximum Gasteiger partial charge on any atom is 0.307 e. The van der Waals surface area contributed by atoms with Gasteiger partial charge in [0.15, 0.2) is 0 Å². The van der Waals surface area contributed by atoms with Crippen molar-refractivity contribution in [1.82, 2.24) is 0 Å². The van der Waals surface area contributed by atoms with E-state index in [0.717, 1.165) is 0 Å². The lowest BCUT2D eigenvalue weighted by molar-refractivity contribution is -0.153. The van der Waals surface area contributed by atoms with E-state index in [0.29, 0.717) is 6.42 Å². The molecule has 8 heteroatoms. The Morgan fingerprint density at radius 3 is 1.70 bits per heavy atom. The van der Waals surface area contributed by atoms with E-state index >= 15 is 0 Å². The SMILES string of the molecule is O=C(O)CC1C2CC(C1C(=O)O)C1C(C(=O)O)CC(C(=O)O)C21. The molecule has 4 N–H and O–H groups in total. The van der Waals surface area contributed by atoms with E-state index in [-0.39, 0.29) is 18.8 Å². The normalized spacial score (nSPS) is 44.0. The highest BCUT2D eigenvalue weighted by Crippen LogP contribution is 2.67. The van der Waals surface area contributed by atoms with Crippen molar-refractivity contribution in [2.75, 3.05) is 0 Å². The van der Waals surface area contributed by atoms with Crippen LogP contribution < -0.4 is 0 Å². The topological polar surface area (TPSA) is 149 Å². The summed E-state index contributed by atoms with van der Waals surface area (Å²) < 4.78 is 0. The number of aliphatic carboxylic acids is 4. The molecule has 0 spiro atoms. The minimum absolute atomic E-state index is 0.000863. The second-order valence-corrected chi connectivity index (χ2v) is 6.97. The zero-order valence-corrected chi connectivity index (χ0v) is 12.2. The molecule has 0 radical (unpaired) electrons. The number of carboxylic acids is 4. The lowest BCUT2D eigenvalue weighted by Crippen LogP contribution is -2.42. The molecule has 0 aromatic heterocycles. The zero-order valence-electron chi connectivity index (χ0n) is 12.2. The van der Waals surface area contributed by atoms with Crippen molar-refractivity contribution < 1.29 is 39.6 Å². The summed E-state index contributed by atoms with van der Waals surface area (Å²) in [6, 6.07) is 0. The number of fused-ring (bicyclic) bond motifs is 5. The van der Waals surface area contributed by atoms with Crippen LogP contribution in [0.4, 0.5) is 0 Å². The molecule has 126 valence electrons. The van der Waals surface area contributed by atoms with Crippen molar-refractivity contribution >= 4 is 23.9 Å². The Bertz CT molecular complexity index is 584. The Balaban J connectivity index is 1.99. The van der Waals surface area contributed by atoms with Gasteiger partial charge in [0.1, 0.15) is 0 Å². The van der Waals surface area contributed by atoms with Crippen LogP contribution >= 0.6 is 0 Å². The largest absolute Gasteiger partial charge is 0.481 e. The summed E-state index contributed by atoms with van der Waals surface area (Å²) in [7, 11) is 0. The van der Waals surface area contributed by atoms with Crippen molar-refractivity contribution in [3.8, 4) is 0 Å². The monoisotopic (exact) mass is 326 g/mol. The summed E-state index contributed by atoms with van der Waals surface area (Å²) in [6.45, 7) is 0. The Kier molecular flexibility index (Phi) is 3.57. The maximum absolute atomic E-state index is 11.6. The lowest BCUT2D eigenvalue weighted by atomic mass is 9.65. The van der Waals surface area contributed by atoms with Gasteiger partial charge in [-0.05, 0) is 42.4 Å². The number of rotatable bonds is 5. The maximum atomic E-state index is 11.6. The lowest BCUT2D eigenvalue weighted by Gasteiger charge is -2.37. The van der Waals surface area contributed by atoms with Gasteiger partial charge in [-0.25, -0.2) is 0 Å². The van der Waals surface area contributed by atoms with Gasteiger partial charge in [-0.2, -0.15) is 0 Å². The fourth-order valence-corrected chi connectivity index (χ4v) is 5.73. The standard InChI is InChI=1S/C15H18O8/c16-9(17)3-5-4-1-6(12(5)15(22)23)11-8(14(20)21)2-7(10(4)11)13(18)19/h4-8,10-12H,1-3H2,(H,16,17)(H,18,19)(H,20,21)(H,22,23). The molecule has 0 heterocycles. The Morgan fingerprint density at radius 1 is 0.739 bits per heavy atom. The zero-order chi connectivity index (χ0) is 17.0. The highest BCUT2D eigenvalue weighted by atomic mass is 16.4. The van der Waals surface area contributed by atoms with E-state index in [1.165, 1.54) is 0 Å². The van der Waals surface area contributed by atoms with Crippen LogP contribution in [0.2, 0.25) is 0 Å². The molecule has 0 saturated heterocycles. The highest BCUT2D eigenvalue weighted by molar-refractivity contribution is 5.78. The third-order valence-electron chi connectivity index (χ3n) is 6.22. The summed E-state index contributed by atoms with van der Waals surface area (Å²) >= 11 is 0. The summed E-state index contributed by atoms with van der Waals surface area (Å²) in [4.78, 5) is 45.7. The smallest absolute Gasteiger partial charge is 0.307 e. The number of carbonyl (C=O) groups is 4. The molecular weight excluding hydrogens is 308 g/mol. The summed E-state index contributed by atoms with van der Waals surface area (Å²) in [6.07, 6.45) is 0.0996. The molecule has 0 amide bonds. The number of hydrogen-bond donors (Lipinski definition) is 4. The van der Waals surface area contributed by atoms with Crippen LogP contribution in [-0.2, 0) is 19.2 Å². The van der Waals surface area contributed by atoms with Gasteiger partial charge < -0.3 is 20.4 Å². The molecule has 8 atom stereocenters. The first kappa shape index (κ1) is 15.8. The van der Waals surface area contributed by atoms with Crippen LogP contribution in [-0.4, -0.2) is 44.3 Å². The fourth-order valence-electron chi connectivity index (χ4n) is 5.73. The Morgan fingerprint density at radius 2 is 1.26 bits per heavy atom. The van der Waals surface area contributed by atoms with E-state index in [1.54, 1.807) is 0 Å². The summed E-state index contributed by atoms with van der Waals surface area (Å²) in [5.41, 5.74) is 0. The van der Waals surface area contributed by atoms with Crippen LogP contribution in [0, 0.1) is 47.3 Å². The molecule has 8 nitrogen and oxygen atoms in total. The molecule has 0 aromatic rings. The van der Waals surface area contributed by atoms with Crippen molar-refractivity contribution in [3.05, 3.63) is 0 Å². The third kappa shape index (κ3) is 2.19. The van der Waals surface area contributed by atoms with Crippen LogP contribution in [0.1, 0.15) is 19.3 Å². The van der Waals surface area contributed by atoms with Gasteiger partial charge in [-0.15, -0.1) is 0 Å². The van der Waals surface area contributed by atoms with Crippen molar-refractivity contribution in [1.29, 1.82) is 0 Å². The predicted octanol–water partition coefficient (Wildman–Crippen LogP) is 0.465. The molecule has 3 saturated carbocycles. The van der Waals surface area contributed by atoms with Gasteiger partial charge >= 0.3 is 23.9 Å². The first-order valence-corrected chi connectivity index (χ1v) is 7.64. The molecule has 0 aromatic carbocycles. The quantitative estimate of drug-likeness (QED) is 0.569. The van der Waals surface area contributed by atoms with Crippen LogP contribution in [0.3, 0.4) is 0 Å². The van der Waals surface area contributed by atoms with E-state index in [1.807, 2.05) is 0 Å². The van der Waals surface area contributed by atoms with Gasteiger partial charge in [0.2, 0.25) is 0 Å². The molecule has 23 heavy (non-hydrogen) atoms. The van der Waals surface area contributed by atoms with Gasteiger partial charge in [0.05, 0.1) is 17.8 Å². The van der Waals surface area contributed by atoms with Crippen LogP contribution in [0.15, 0.2) is 0 Å². The van der Waals surface area contributed by atoms with E-state index in [4.69, 9.17) is 5.11 Å². The average Bonchev–Trinajstić information content (AvgIpc) is 3.04. The van der Waals surface area contributed by atoms with Crippen molar-refractivity contribution in [3.63, 3.8) is 0 Å². The summed E-state index contributed by atoms with van der Waals surface area (Å²) in [5.74, 6) is -9.28. The fraction of sp³-hybridized carbons (Fsp3) is 0.733. The first-order valence-electron chi connectivity index (χ1n) is 7.64. The minimum Gasteiger partial charge on any atom is -0.481 e. The first-order chi connectivity index (χ1) is 10.7. The van der Waals surface area contributed by atoms with Gasteiger partial charge in [0, 0.05) is 6.42 Å². The van der Waals surface area contributed by atoms with Crippen LogP contribution in [0.25, 0.3) is 0 Å².